The second-order valence-electron chi connectivity index (χ2n) is 20.2. The zero-order chi connectivity index (χ0) is 44.1. The van der Waals surface area contributed by atoms with Gasteiger partial charge in [-0.25, -0.2) is 18.4 Å². The molecular weight excluding hydrogens is 804 g/mol. The van der Waals surface area contributed by atoms with E-state index in [9.17, 15) is 22.4 Å². The van der Waals surface area contributed by atoms with E-state index < -0.39 is 91.3 Å². The number of esters is 1. The molecule has 61 heavy (non-hydrogen) atoms. The van der Waals surface area contributed by atoms with Gasteiger partial charge in [-0.15, -0.1) is 0 Å². The first kappa shape index (κ1) is 45.2. The van der Waals surface area contributed by atoms with Gasteiger partial charge in [-0.3, -0.25) is 28.3 Å². The Morgan fingerprint density at radius 1 is 1.03 bits per heavy atom. The van der Waals surface area contributed by atoms with Gasteiger partial charge in [0.05, 0.1) is 59.9 Å². The Balaban J connectivity index is 1.28. The van der Waals surface area contributed by atoms with Crippen molar-refractivity contribution in [2.75, 3.05) is 20.3 Å². The summed E-state index contributed by atoms with van der Waals surface area (Å²) < 4.78 is 60.3. The summed E-state index contributed by atoms with van der Waals surface area (Å²) in [4.78, 5) is 69.8. The Morgan fingerprint density at radius 2 is 1.77 bits per heavy atom. The van der Waals surface area contributed by atoms with Gasteiger partial charge >= 0.3 is 5.97 Å². The van der Waals surface area contributed by atoms with Crippen LogP contribution in [0, 0.1) is 34.5 Å². The number of alkyl halides is 1. The van der Waals surface area contributed by atoms with Crippen LogP contribution in [0.1, 0.15) is 137 Å². The van der Waals surface area contributed by atoms with Crippen LogP contribution in [0.25, 0.3) is 11.0 Å². The standard InChI is InChI=1S/C46H65FN4O9S/c1-8-31-37-27-51(39(31)36(52)26-46(25-29(46)18-22-47)42(55)50-61(56,57)44(5)20-21-44)41(54)32(43(2,3)4)24-38(53)60-45(6)19-12-14-28(45)13-10-9-11-15-34-40(59-37)49-35-23-30(58-7)16-17-33(35)48-34/h16-17,23,28-29,31-32,37,39H,8-15,18-22,24-27H2,1-7H3,(H,50,55)/t28-,29-,31-,32-,37+,39+,45-,46-/m1/s1. The third kappa shape index (κ3) is 9.00. The summed E-state index contributed by atoms with van der Waals surface area (Å²) in [6.07, 6.45) is 6.90. The largest absolute Gasteiger partial charge is 0.497 e. The average Bonchev–Trinajstić information content (AvgIpc) is 4.04. The number of sulfonamides is 1. The number of ketones is 1. The highest BCUT2D eigenvalue weighted by Gasteiger charge is 2.64. The molecule has 3 aliphatic carbocycles. The third-order valence-electron chi connectivity index (χ3n) is 14.9. The first-order valence-electron chi connectivity index (χ1n) is 22.5. The van der Waals surface area contributed by atoms with E-state index in [0.717, 1.165) is 44.9 Å². The number of hydrogen-bond donors (Lipinski definition) is 1. The normalized spacial score (nSPS) is 31.8. The van der Waals surface area contributed by atoms with E-state index in [4.69, 9.17) is 24.2 Å². The number of carbonyl (C=O) groups is 4. The summed E-state index contributed by atoms with van der Waals surface area (Å²) >= 11 is 0. The number of aryl methyl sites for hydroxylation is 1. The average molecular weight is 869 g/mol. The minimum atomic E-state index is -4.04. The fourth-order valence-corrected chi connectivity index (χ4v) is 11.8. The van der Waals surface area contributed by atoms with Gasteiger partial charge in [0.2, 0.25) is 27.7 Å². The van der Waals surface area contributed by atoms with Crippen LogP contribution >= 0.6 is 0 Å². The number of hydrogen-bond acceptors (Lipinski definition) is 11. The summed E-state index contributed by atoms with van der Waals surface area (Å²) in [5, 5.41) is 0. The molecule has 5 aliphatic rings. The second-order valence-corrected chi connectivity index (χ2v) is 22.4. The Labute approximate surface area is 360 Å². The van der Waals surface area contributed by atoms with Crippen molar-refractivity contribution in [3.63, 3.8) is 0 Å². The molecule has 4 fully saturated rings. The number of Topliss-reactive ketones (excluding diaryl/α,β-unsaturated/α-hetero) is 1. The summed E-state index contributed by atoms with van der Waals surface area (Å²) in [5.41, 5.74) is -0.913. The fourth-order valence-electron chi connectivity index (χ4n) is 10.5. The van der Waals surface area contributed by atoms with Crippen molar-refractivity contribution in [3.8, 4) is 11.6 Å². The van der Waals surface area contributed by atoms with E-state index >= 15 is 9.59 Å². The molecule has 0 radical (unpaired) electrons. The van der Waals surface area contributed by atoms with Crippen LogP contribution in [0.15, 0.2) is 18.2 Å². The lowest BCUT2D eigenvalue weighted by Crippen LogP contribution is -2.50. The maximum Gasteiger partial charge on any atom is 0.307 e. The molecule has 15 heteroatoms. The molecule has 2 aromatic rings. The molecule has 2 aliphatic heterocycles. The predicted octanol–water partition coefficient (Wildman–Crippen LogP) is 7.22. The second kappa shape index (κ2) is 17.0. The van der Waals surface area contributed by atoms with Crippen molar-refractivity contribution < 1.29 is 46.2 Å². The third-order valence-corrected chi connectivity index (χ3v) is 17.1. The minimum absolute atomic E-state index is 0.00352. The summed E-state index contributed by atoms with van der Waals surface area (Å²) in [7, 11) is -2.47. The quantitative estimate of drug-likeness (QED) is 0.239. The zero-order valence-electron chi connectivity index (χ0n) is 37.0. The summed E-state index contributed by atoms with van der Waals surface area (Å²) in [5.74, 6) is -3.00. The molecule has 1 aromatic heterocycles. The lowest BCUT2D eigenvalue weighted by atomic mass is 9.77. The van der Waals surface area contributed by atoms with Gasteiger partial charge in [0.1, 0.15) is 23.1 Å². The SMILES string of the molecule is CC[C@@H]1[C@@H]2CN(C(=O)[C@H](C(C)(C)C)CC(=O)O[C@]3(C)CCC[C@H]3CCCCCc3nc4ccc(OC)cc4nc3O2)[C@@H]1C(=O)C[C@]1(C(=O)NS(=O)(=O)C2(C)CC2)C[C@H]1CCF. The molecule has 1 saturated heterocycles. The van der Waals surface area contributed by atoms with Gasteiger partial charge in [-0.2, -0.15) is 0 Å². The van der Waals surface area contributed by atoms with Crippen LogP contribution in [-0.2, 0) is 40.4 Å². The highest BCUT2D eigenvalue weighted by Crippen LogP contribution is 2.59. The fraction of sp³-hybridized carbons (Fsp3) is 0.739. The highest BCUT2D eigenvalue weighted by molar-refractivity contribution is 7.91. The zero-order valence-corrected chi connectivity index (χ0v) is 37.8. The number of methoxy groups -OCH3 is 1. The smallest absolute Gasteiger partial charge is 0.307 e. The highest BCUT2D eigenvalue weighted by atomic mass is 32.2. The van der Waals surface area contributed by atoms with Gasteiger partial charge in [0.25, 0.3) is 0 Å². The molecule has 8 atom stereocenters. The Bertz CT molecular complexity index is 2140. The number of halogens is 1. The topological polar surface area (TPSA) is 171 Å². The van der Waals surface area contributed by atoms with Crippen molar-refractivity contribution in [3.05, 3.63) is 23.9 Å². The molecule has 2 amide bonds. The van der Waals surface area contributed by atoms with Crippen LogP contribution in [-0.4, -0.2) is 89.7 Å². The van der Waals surface area contributed by atoms with Crippen molar-refractivity contribution in [1.29, 1.82) is 0 Å². The molecule has 3 saturated carbocycles. The van der Waals surface area contributed by atoms with Crippen molar-refractivity contribution in [1.82, 2.24) is 19.6 Å². The molecule has 336 valence electrons. The molecule has 0 unspecified atom stereocenters. The number of fused-ring (bicyclic) bond motifs is 5. The van der Waals surface area contributed by atoms with Crippen LogP contribution in [0.4, 0.5) is 4.39 Å². The van der Waals surface area contributed by atoms with E-state index in [2.05, 4.69) is 4.72 Å². The molecule has 13 nitrogen and oxygen atoms in total. The molecule has 2 bridgehead atoms. The molecule has 1 N–H and O–H groups in total. The minimum Gasteiger partial charge on any atom is -0.497 e. The van der Waals surface area contributed by atoms with Crippen LogP contribution in [0.3, 0.4) is 0 Å². The number of aromatic nitrogens is 2. The molecule has 0 spiro atoms. The number of nitrogens with one attached hydrogen (secondary N) is 1. The van der Waals surface area contributed by atoms with E-state index in [1.165, 1.54) is 4.90 Å². The molecular formula is C46H65FN4O9S. The first-order valence-corrected chi connectivity index (χ1v) is 24.0. The number of benzene rings is 1. The molecule has 1 aromatic carbocycles. The maximum absolute atomic E-state index is 15.2. The van der Waals surface area contributed by atoms with Crippen LogP contribution in [0.5, 0.6) is 11.6 Å². The van der Waals surface area contributed by atoms with Crippen molar-refractivity contribution in [2.24, 2.45) is 34.5 Å². The van der Waals surface area contributed by atoms with Crippen LogP contribution in [0.2, 0.25) is 0 Å². The molecule has 7 rings (SSSR count). The van der Waals surface area contributed by atoms with Crippen molar-refractivity contribution >= 4 is 44.6 Å². The van der Waals surface area contributed by atoms with Gasteiger partial charge in [-0.1, -0.05) is 40.5 Å². The van der Waals surface area contributed by atoms with Gasteiger partial charge in [-0.05, 0) is 114 Å². The number of amides is 2. The van der Waals surface area contributed by atoms with E-state index in [-0.39, 0.29) is 38.1 Å². The number of nitrogens with zero attached hydrogens (tertiary/aromatic N) is 3. The first-order chi connectivity index (χ1) is 28.8. The predicted molar refractivity (Wildman–Crippen MR) is 227 cm³/mol. The lowest BCUT2D eigenvalue weighted by Gasteiger charge is -2.37. The number of ether oxygens (including phenoxy) is 3. The monoisotopic (exact) mass is 868 g/mol. The number of rotatable bonds is 10. The summed E-state index contributed by atoms with van der Waals surface area (Å²) in [6.45, 7) is 10.4. The van der Waals surface area contributed by atoms with Gasteiger partial charge in [0, 0.05) is 18.4 Å². The van der Waals surface area contributed by atoms with Crippen LogP contribution < -0.4 is 14.2 Å². The van der Waals surface area contributed by atoms with E-state index in [0.29, 0.717) is 54.0 Å². The summed E-state index contributed by atoms with van der Waals surface area (Å²) in [6, 6.07) is 4.39. The van der Waals surface area contributed by atoms with E-state index in [1.807, 2.05) is 46.8 Å². The van der Waals surface area contributed by atoms with Crippen molar-refractivity contribution in [2.45, 2.75) is 160 Å². The lowest BCUT2D eigenvalue weighted by molar-refractivity contribution is -0.167. The Hall–Kier alpha value is -3.88. The van der Waals surface area contributed by atoms with Gasteiger partial charge < -0.3 is 19.1 Å². The Morgan fingerprint density at radius 3 is 2.44 bits per heavy atom. The van der Waals surface area contributed by atoms with Gasteiger partial charge in [0.15, 0.2) is 5.78 Å². The number of carbonyl (C=O) groups excluding carboxylic acids is 4. The Kier molecular flexibility index (Phi) is 12.6. The molecule has 3 heterocycles. The van der Waals surface area contributed by atoms with E-state index in [1.54, 1.807) is 20.1 Å². The maximum atomic E-state index is 15.2.